The summed E-state index contributed by atoms with van der Waals surface area (Å²) in [4.78, 5) is 42.3. The summed E-state index contributed by atoms with van der Waals surface area (Å²) in [6.07, 6.45) is 2.26. The van der Waals surface area contributed by atoms with E-state index < -0.39 is 23.3 Å². The lowest BCUT2D eigenvalue weighted by atomic mass is 10.0. The van der Waals surface area contributed by atoms with Gasteiger partial charge in [-0.15, -0.1) is 23.5 Å². The van der Waals surface area contributed by atoms with Crippen LogP contribution in [-0.4, -0.2) is 78.4 Å². The Labute approximate surface area is 213 Å². The van der Waals surface area contributed by atoms with E-state index in [9.17, 15) is 19.5 Å². The highest BCUT2D eigenvalue weighted by atomic mass is 32.2. The second-order valence-electron chi connectivity index (χ2n) is 7.32. The standard InChI is InChI=1S/C21H22N4O5S4/c26-15(10-31-12-30-7-6-13-4-2-1-3-5-13)24-16-18(27)25-17(20(28)29)14(8-32-19(16)25)9-33-21-22-11-23-34-21/h1-5,11,16,19H,6-10,12H2,(H,24,26)(H,28,29). The molecule has 2 aliphatic rings. The molecular formula is C21H22N4O5S4. The number of aromatic nitrogens is 2. The van der Waals surface area contributed by atoms with Crippen molar-refractivity contribution in [1.29, 1.82) is 0 Å². The minimum atomic E-state index is -1.14. The van der Waals surface area contributed by atoms with Crippen LogP contribution in [0.5, 0.6) is 0 Å². The van der Waals surface area contributed by atoms with Gasteiger partial charge in [-0.05, 0) is 29.1 Å². The highest BCUT2D eigenvalue weighted by Gasteiger charge is 2.54. The maximum Gasteiger partial charge on any atom is 0.352 e. The summed E-state index contributed by atoms with van der Waals surface area (Å²) in [5.41, 5.74) is 1.87. The molecule has 1 aromatic heterocycles. The molecule has 2 atom stereocenters. The number of carbonyl (C=O) groups excluding carboxylic acids is 2. The minimum absolute atomic E-state index is 0.0115. The third kappa shape index (κ3) is 6.13. The highest BCUT2D eigenvalue weighted by Crippen LogP contribution is 2.41. The molecule has 0 radical (unpaired) electrons. The summed E-state index contributed by atoms with van der Waals surface area (Å²) in [6.45, 7) is 0.567. The van der Waals surface area contributed by atoms with Crippen LogP contribution in [0.25, 0.3) is 0 Å². The maximum atomic E-state index is 12.7. The van der Waals surface area contributed by atoms with Gasteiger partial charge >= 0.3 is 5.97 Å². The molecule has 4 rings (SSSR count). The molecule has 2 N–H and O–H groups in total. The van der Waals surface area contributed by atoms with Crippen molar-refractivity contribution < 1.29 is 24.2 Å². The van der Waals surface area contributed by atoms with Gasteiger partial charge in [-0.3, -0.25) is 14.5 Å². The summed E-state index contributed by atoms with van der Waals surface area (Å²) in [5, 5.41) is 12.1. The summed E-state index contributed by atoms with van der Waals surface area (Å²) in [6, 6.07) is 9.29. The molecule has 2 aliphatic heterocycles. The molecule has 0 spiro atoms. The van der Waals surface area contributed by atoms with Crippen molar-refractivity contribution in [2.24, 2.45) is 0 Å². The molecular weight excluding hydrogens is 517 g/mol. The van der Waals surface area contributed by atoms with E-state index in [0.717, 1.165) is 10.8 Å². The van der Waals surface area contributed by atoms with Crippen LogP contribution in [0.1, 0.15) is 5.56 Å². The monoisotopic (exact) mass is 538 g/mol. The number of aliphatic carboxylic acids is 1. The Bertz CT molecular complexity index is 1050. The van der Waals surface area contributed by atoms with E-state index in [-0.39, 0.29) is 17.4 Å². The Morgan fingerprint density at radius 1 is 1.29 bits per heavy atom. The number of carboxylic acids is 1. The predicted octanol–water partition coefficient (Wildman–Crippen LogP) is 2.32. The molecule has 0 bridgehead atoms. The SMILES string of the molecule is O=C(CSCOCCc1ccccc1)NC1C(=O)N2C(C(=O)O)=C(CSc3ncns3)CSC12. The van der Waals surface area contributed by atoms with Crippen molar-refractivity contribution in [3.8, 4) is 0 Å². The van der Waals surface area contributed by atoms with Gasteiger partial charge in [0.15, 0.2) is 4.34 Å². The Kier molecular flexibility index (Phi) is 8.89. The van der Waals surface area contributed by atoms with Crippen molar-refractivity contribution in [3.05, 3.63) is 53.5 Å². The first kappa shape index (κ1) is 25.0. The number of ether oxygens (including phenoxy) is 1. The fourth-order valence-electron chi connectivity index (χ4n) is 3.47. The summed E-state index contributed by atoms with van der Waals surface area (Å²) in [7, 11) is 0. The number of carboxylic acid groups (broad SMARTS) is 1. The van der Waals surface area contributed by atoms with Crippen molar-refractivity contribution in [1.82, 2.24) is 19.6 Å². The van der Waals surface area contributed by atoms with Crippen LogP contribution < -0.4 is 5.32 Å². The van der Waals surface area contributed by atoms with E-state index in [1.165, 1.54) is 63.6 Å². The van der Waals surface area contributed by atoms with Gasteiger partial charge in [0.25, 0.3) is 5.91 Å². The first-order valence-corrected chi connectivity index (χ1v) is 14.3. The second-order valence-corrected chi connectivity index (χ2v) is 11.4. The number of fused-ring (bicyclic) bond motifs is 1. The first-order valence-electron chi connectivity index (χ1n) is 10.3. The number of thioether (sulfide) groups is 3. The Balaban J connectivity index is 1.21. The van der Waals surface area contributed by atoms with Gasteiger partial charge in [-0.1, -0.05) is 42.1 Å². The van der Waals surface area contributed by atoms with Crippen molar-refractivity contribution >= 4 is 64.6 Å². The van der Waals surface area contributed by atoms with Crippen LogP contribution in [0.4, 0.5) is 0 Å². The van der Waals surface area contributed by atoms with Crippen molar-refractivity contribution in [2.75, 3.05) is 29.8 Å². The van der Waals surface area contributed by atoms with Crippen LogP contribution in [0.3, 0.4) is 0 Å². The number of benzene rings is 1. The zero-order valence-corrected chi connectivity index (χ0v) is 21.2. The van der Waals surface area contributed by atoms with Gasteiger partial charge in [0.05, 0.1) is 18.3 Å². The average Bonchev–Trinajstić information content (AvgIpc) is 3.37. The lowest BCUT2D eigenvalue weighted by Gasteiger charge is -2.49. The maximum absolute atomic E-state index is 12.7. The molecule has 1 saturated heterocycles. The third-order valence-electron chi connectivity index (χ3n) is 5.05. The fraction of sp³-hybridized carbons (Fsp3) is 0.381. The molecule has 180 valence electrons. The molecule has 2 amide bonds. The molecule has 13 heteroatoms. The number of hydrogen-bond donors (Lipinski definition) is 2. The highest BCUT2D eigenvalue weighted by molar-refractivity contribution is 8.01. The summed E-state index contributed by atoms with van der Waals surface area (Å²) >= 11 is 5.43. The average molecular weight is 539 g/mol. The van der Waals surface area contributed by atoms with E-state index in [2.05, 4.69) is 14.7 Å². The third-order valence-corrected chi connectivity index (χ3v) is 9.08. The molecule has 2 unspecified atom stereocenters. The van der Waals surface area contributed by atoms with Crippen LogP contribution in [0, 0.1) is 0 Å². The number of nitrogens with one attached hydrogen (secondary N) is 1. The topological polar surface area (TPSA) is 122 Å². The van der Waals surface area contributed by atoms with Crippen LogP contribution in [-0.2, 0) is 25.5 Å². The summed E-state index contributed by atoms with van der Waals surface area (Å²) < 4.78 is 10.2. The Morgan fingerprint density at radius 2 is 2.12 bits per heavy atom. The zero-order chi connectivity index (χ0) is 23.9. The largest absolute Gasteiger partial charge is 0.477 e. The normalized spacial score (nSPS) is 19.5. The summed E-state index contributed by atoms with van der Waals surface area (Å²) in [5.74, 6) is -0.377. The van der Waals surface area contributed by atoms with E-state index in [0.29, 0.717) is 29.6 Å². The van der Waals surface area contributed by atoms with Gasteiger partial charge < -0.3 is 15.2 Å². The zero-order valence-electron chi connectivity index (χ0n) is 17.9. The van der Waals surface area contributed by atoms with E-state index in [1.54, 1.807) is 0 Å². The first-order chi connectivity index (χ1) is 16.5. The molecule has 3 heterocycles. The number of rotatable bonds is 12. The lowest BCUT2D eigenvalue weighted by Crippen LogP contribution is -2.70. The van der Waals surface area contributed by atoms with Gasteiger partial charge in [0.2, 0.25) is 5.91 Å². The van der Waals surface area contributed by atoms with E-state index >= 15 is 0 Å². The number of nitrogens with zero attached hydrogens (tertiary/aromatic N) is 3. The van der Waals surface area contributed by atoms with E-state index in [1.807, 2.05) is 30.3 Å². The lowest BCUT2D eigenvalue weighted by molar-refractivity contribution is -0.150. The van der Waals surface area contributed by atoms with Crippen LogP contribution in [0.2, 0.25) is 0 Å². The molecule has 2 aromatic rings. The second kappa shape index (κ2) is 12.1. The number of hydrogen-bond acceptors (Lipinski definition) is 10. The van der Waals surface area contributed by atoms with Crippen LogP contribution in [0.15, 0.2) is 52.3 Å². The smallest absolute Gasteiger partial charge is 0.352 e. The van der Waals surface area contributed by atoms with Gasteiger partial charge in [0, 0.05) is 11.5 Å². The van der Waals surface area contributed by atoms with Crippen molar-refractivity contribution in [3.63, 3.8) is 0 Å². The number of amides is 2. The molecule has 0 aliphatic carbocycles. The molecule has 0 saturated carbocycles. The molecule has 1 aromatic carbocycles. The molecule has 9 nitrogen and oxygen atoms in total. The number of β-lactam (4-membered cyclic amide) rings is 1. The van der Waals surface area contributed by atoms with Gasteiger partial charge in [-0.25, -0.2) is 9.78 Å². The van der Waals surface area contributed by atoms with Gasteiger partial charge in [0.1, 0.15) is 23.4 Å². The predicted molar refractivity (Wildman–Crippen MR) is 134 cm³/mol. The quantitative estimate of drug-likeness (QED) is 0.180. The van der Waals surface area contributed by atoms with Crippen LogP contribution >= 0.6 is 46.8 Å². The number of carbonyl (C=O) groups is 3. The molecule has 34 heavy (non-hydrogen) atoms. The minimum Gasteiger partial charge on any atom is -0.477 e. The van der Waals surface area contributed by atoms with Crippen molar-refractivity contribution in [2.45, 2.75) is 22.2 Å². The van der Waals surface area contributed by atoms with Gasteiger partial charge in [-0.2, -0.15) is 4.37 Å². The van der Waals surface area contributed by atoms with E-state index in [4.69, 9.17) is 4.74 Å². The Hall–Kier alpha value is -2.06. The Morgan fingerprint density at radius 3 is 2.85 bits per heavy atom. The molecule has 1 fully saturated rings. The fourth-order valence-corrected chi connectivity index (χ4v) is 6.99.